The molecule has 0 aromatic carbocycles. The Bertz CT molecular complexity index is 710. The molecule has 6 heteroatoms. The molecule has 6 nitrogen and oxygen atoms in total. The van der Waals surface area contributed by atoms with Gasteiger partial charge in [-0.2, -0.15) is 5.10 Å². The minimum Gasteiger partial charge on any atom is -0.467 e. The number of furan rings is 1. The number of imidazole rings is 1. The Hall–Kier alpha value is -2.34. The summed E-state index contributed by atoms with van der Waals surface area (Å²) < 4.78 is 9.39. The molecular formula is C15H19N5O. The molecule has 1 unspecified atom stereocenters. The maximum Gasteiger partial charge on any atom is 0.133 e. The van der Waals surface area contributed by atoms with Crippen molar-refractivity contribution in [1.29, 1.82) is 0 Å². The SMILES string of the molecule is Cc1nn(C)cc1CNC(c1ccco1)c1nccn1C. The molecule has 0 aliphatic carbocycles. The van der Waals surface area contributed by atoms with E-state index in [4.69, 9.17) is 4.42 Å². The summed E-state index contributed by atoms with van der Waals surface area (Å²) in [5.74, 6) is 1.78. The first-order chi connectivity index (χ1) is 10.1. The Kier molecular flexibility index (Phi) is 3.62. The van der Waals surface area contributed by atoms with E-state index in [2.05, 4.69) is 15.4 Å². The molecule has 21 heavy (non-hydrogen) atoms. The van der Waals surface area contributed by atoms with Crippen molar-refractivity contribution in [3.8, 4) is 0 Å². The van der Waals surface area contributed by atoms with Crippen LogP contribution in [-0.2, 0) is 20.6 Å². The number of aryl methyl sites for hydroxylation is 3. The molecule has 3 aromatic rings. The van der Waals surface area contributed by atoms with Crippen molar-refractivity contribution in [2.24, 2.45) is 14.1 Å². The number of aromatic nitrogens is 4. The van der Waals surface area contributed by atoms with E-state index in [0.29, 0.717) is 6.54 Å². The van der Waals surface area contributed by atoms with Gasteiger partial charge in [-0.25, -0.2) is 4.98 Å². The van der Waals surface area contributed by atoms with Gasteiger partial charge in [0.2, 0.25) is 0 Å². The summed E-state index contributed by atoms with van der Waals surface area (Å²) in [5, 5.41) is 7.87. The number of nitrogens with one attached hydrogen (secondary N) is 1. The smallest absolute Gasteiger partial charge is 0.133 e. The van der Waals surface area contributed by atoms with Crippen molar-refractivity contribution in [3.63, 3.8) is 0 Å². The van der Waals surface area contributed by atoms with Gasteiger partial charge < -0.3 is 8.98 Å². The molecule has 0 fully saturated rings. The van der Waals surface area contributed by atoms with E-state index in [9.17, 15) is 0 Å². The van der Waals surface area contributed by atoms with Crippen LogP contribution in [0.1, 0.15) is 28.9 Å². The maximum absolute atomic E-state index is 5.56. The quantitative estimate of drug-likeness (QED) is 0.778. The third-order valence-electron chi connectivity index (χ3n) is 3.56. The van der Waals surface area contributed by atoms with E-state index in [1.807, 2.05) is 54.8 Å². The molecule has 3 rings (SSSR count). The summed E-state index contributed by atoms with van der Waals surface area (Å²) in [5.41, 5.74) is 2.20. The fourth-order valence-corrected chi connectivity index (χ4v) is 2.46. The molecule has 0 aliphatic rings. The molecular weight excluding hydrogens is 266 g/mol. The van der Waals surface area contributed by atoms with E-state index in [1.165, 1.54) is 5.56 Å². The summed E-state index contributed by atoms with van der Waals surface area (Å²) in [6, 6.07) is 3.77. The number of hydrogen-bond donors (Lipinski definition) is 1. The minimum atomic E-state index is -0.0837. The van der Waals surface area contributed by atoms with Gasteiger partial charge in [0, 0.05) is 44.8 Å². The molecule has 0 saturated heterocycles. The average molecular weight is 285 g/mol. The summed E-state index contributed by atoms with van der Waals surface area (Å²) >= 11 is 0. The Morgan fingerprint density at radius 1 is 1.38 bits per heavy atom. The van der Waals surface area contributed by atoms with Crippen LogP contribution in [-0.4, -0.2) is 19.3 Å². The molecule has 1 atom stereocenters. The highest BCUT2D eigenvalue weighted by molar-refractivity contribution is 5.19. The van der Waals surface area contributed by atoms with Crippen LogP contribution in [0.4, 0.5) is 0 Å². The van der Waals surface area contributed by atoms with Gasteiger partial charge in [-0.05, 0) is 19.1 Å². The second kappa shape index (κ2) is 5.57. The third-order valence-corrected chi connectivity index (χ3v) is 3.56. The Balaban J connectivity index is 1.84. The van der Waals surface area contributed by atoms with Crippen LogP contribution in [0.5, 0.6) is 0 Å². The van der Waals surface area contributed by atoms with Crippen molar-refractivity contribution in [1.82, 2.24) is 24.6 Å². The number of hydrogen-bond acceptors (Lipinski definition) is 4. The van der Waals surface area contributed by atoms with Crippen molar-refractivity contribution in [2.75, 3.05) is 0 Å². The second-order valence-corrected chi connectivity index (χ2v) is 5.14. The molecule has 0 radical (unpaired) electrons. The zero-order valence-corrected chi connectivity index (χ0v) is 12.4. The zero-order valence-electron chi connectivity index (χ0n) is 12.4. The fourth-order valence-electron chi connectivity index (χ4n) is 2.46. The molecule has 0 spiro atoms. The first kappa shape index (κ1) is 13.6. The molecule has 0 aliphatic heterocycles. The van der Waals surface area contributed by atoms with Gasteiger partial charge in [-0.15, -0.1) is 0 Å². The lowest BCUT2D eigenvalue weighted by Gasteiger charge is -2.16. The number of rotatable bonds is 5. The van der Waals surface area contributed by atoms with E-state index >= 15 is 0 Å². The number of nitrogens with zero attached hydrogens (tertiary/aromatic N) is 4. The van der Waals surface area contributed by atoms with Crippen molar-refractivity contribution >= 4 is 0 Å². The van der Waals surface area contributed by atoms with Gasteiger partial charge >= 0.3 is 0 Å². The van der Waals surface area contributed by atoms with Gasteiger partial charge in [0.25, 0.3) is 0 Å². The van der Waals surface area contributed by atoms with Gasteiger partial charge in [0.15, 0.2) is 0 Å². The average Bonchev–Trinajstić information content (AvgIpc) is 3.15. The molecule has 1 N–H and O–H groups in total. The largest absolute Gasteiger partial charge is 0.467 e. The molecule has 0 saturated carbocycles. The van der Waals surface area contributed by atoms with Crippen LogP contribution in [0.2, 0.25) is 0 Å². The first-order valence-corrected chi connectivity index (χ1v) is 6.88. The first-order valence-electron chi connectivity index (χ1n) is 6.88. The maximum atomic E-state index is 5.56. The van der Waals surface area contributed by atoms with Crippen molar-refractivity contribution in [2.45, 2.75) is 19.5 Å². The van der Waals surface area contributed by atoms with Crippen molar-refractivity contribution < 1.29 is 4.42 Å². The summed E-state index contributed by atoms with van der Waals surface area (Å²) in [6.07, 6.45) is 7.44. The van der Waals surface area contributed by atoms with E-state index in [1.54, 1.807) is 12.5 Å². The van der Waals surface area contributed by atoms with Crippen LogP contribution < -0.4 is 5.32 Å². The van der Waals surface area contributed by atoms with E-state index in [0.717, 1.165) is 17.3 Å². The van der Waals surface area contributed by atoms with Crippen LogP contribution in [0.15, 0.2) is 41.4 Å². The molecule has 3 heterocycles. The predicted octanol–water partition coefficient (Wildman–Crippen LogP) is 1.93. The topological polar surface area (TPSA) is 60.8 Å². The Morgan fingerprint density at radius 2 is 2.24 bits per heavy atom. The third kappa shape index (κ3) is 2.75. The van der Waals surface area contributed by atoms with E-state index < -0.39 is 0 Å². The standard InChI is InChI=1S/C15H19N5O/c1-11-12(10-20(3)18-11)9-17-14(13-5-4-8-21-13)15-16-6-7-19(15)2/h4-8,10,14,17H,9H2,1-3H3. The summed E-state index contributed by atoms with van der Waals surface area (Å²) in [7, 11) is 3.91. The molecule has 3 aromatic heterocycles. The fraction of sp³-hybridized carbons (Fsp3) is 0.333. The lowest BCUT2D eigenvalue weighted by atomic mass is 10.2. The van der Waals surface area contributed by atoms with Crippen molar-refractivity contribution in [3.05, 3.63) is 59.8 Å². The highest BCUT2D eigenvalue weighted by Gasteiger charge is 2.20. The highest BCUT2D eigenvalue weighted by atomic mass is 16.3. The Labute approximate surface area is 123 Å². The molecule has 110 valence electrons. The van der Waals surface area contributed by atoms with E-state index in [-0.39, 0.29) is 6.04 Å². The van der Waals surface area contributed by atoms with Crippen LogP contribution in [0.25, 0.3) is 0 Å². The monoisotopic (exact) mass is 285 g/mol. The zero-order chi connectivity index (χ0) is 14.8. The predicted molar refractivity (Wildman–Crippen MR) is 78.5 cm³/mol. The van der Waals surface area contributed by atoms with Crippen LogP contribution in [0.3, 0.4) is 0 Å². The van der Waals surface area contributed by atoms with Gasteiger partial charge in [-0.1, -0.05) is 0 Å². The molecule has 0 bridgehead atoms. The normalized spacial score (nSPS) is 12.7. The summed E-state index contributed by atoms with van der Waals surface area (Å²) in [4.78, 5) is 4.43. The molecule has 0 amide bonds. The van der Waals surface area contributed by atoms with Gasteiger partial charge in [0.1, 0.15) is 17.6 Å². The van der Waals surface area contributed by atoms with Gasteiger partial charge in [0.05, 0.1) is 12.0 Å². The van der Waals surface area contributed by atoms with Crippen LogP contribution in [0, 0.1) is 6.92 Å². The van der Waals surface area contributed by atoms with Gasteiger partial charge in [-0.3, -0.25) is 10.00 Å². The second-order valence-electron chi connectivity index (χ2n) is 5.14. The van der Waals surface area contributed by atoms with Crippen LogP contribution >= 0.6 is 0 Å². The lowest BCUT2D eigenvalue weighted by Crippen LogP contribution is -2.24. The summed E-state index contributed by atoms with van der Waals surface area (Å²) in [6.45, 7) is 2.72. The minimum absolute atomic E-state index is 0.0837. The Morgan fingerprint density at radius 3 is 2.81 bits per heavy atom. The lowest BCUT2D eigenvalue weighted by molar-refractivity contribution is 0.429. The highest BCUT2D eigenvalue weighted by Crippen LogP contribution is 2.21.